The summed E-state index contributed by atoms with van der Waals surface area (Å²) >= 11 is 0. The minimum atomic E-state index is 0. The smallest absolute Gasteiger partial charge is 0.191 e. The maximum Gasteiger partial charge on any atom is 0.191 e. The molecular weight excluding hydrogens is 421 g/mol. The Morgan fingerprint density at radius 2 is 1.92 bits per heavy atom. The van der Waals surface area contributed by atoms with Crippen molar-refractivity contribution in [3.05, 3.63) is 47.9 Å². The predicted molar refractivity (Wildman–Crippen MR) is 106 cm³/mol. The number of rotatable bonds is 7. The number of methoxy groups -OCH3 is 2. The summed E-state index contributed by atoms with van der Waals surface area (Å²) in [7, 11) is 5.00. The molecule has 0 saturated heterocycles. The number of hydrogen-bond donors (Lipinski definition) is 2. The summed E-state index contributed by atoms with van der Waals surface area (Å²) in [6.07, 6.45) is 2.49. The lowest BCUT2D eigenvalue weighted by atomic mass is 10.2. The molecule has 0 amide bonds. The van der Waals surface area contributed by atoms with Crippen LogP contribution in [0.2, 0.25) is 0 Å². The van der Waals surface area contributed by atoms with Gasteiger partial charge in [-0.05, 0) is 29.8 Å². The molecule has 2 aromatic rings. The number of halogens is 1. The Hall–Kier alpha value is -1.90. The van der Waals surface area contributed by atoms with Crippen molar-refractivity contribution >= 4 is 29.9 Å². The molecular formula is C17H24IN3O3. The second-order valence-corrected chi connectivity index (χ2v) is 4.87. The maximum absolute atomic E-state index is 5.31. The number of aliphatic imine (C=N–C) groups is 1. The van der Waals surface area contributed by atoms with Gasteiger partial charge in [-0.3, -0.25) is 4.99 Å². The summed E-state index contributed by atoms with van der Waals surface area (Å²) in [5.74, 6) is 3.13. The van der Waals surface area contributed by atoms with Gasteiger partial charge in [0.05, 0.1) is 20.5 Å². The Kier molecular flexibility index (Phi) is 9.06. The standard InChI is InChI=1S/C17H23N3O3.HI/c1-18-17(19-9-8-14-5-4-10-23-14)20-12-13-6-7-15(21-2)16(11-13)22-3;/h4-7,10-11H,8-9,12H2,1-3H3,(H2,18,19,20);1H. The van der Waals surface area contributed by atoms with Crippen LogP contribution in [0.15, 0.2) is 46.0 Å². The molecule has 0 aliphatic rings. The van der Waals surface area contributed by atoms with Crippen molar-refractivity contribution in [1.29, 1.82) is 0 Å². The molecule has 1 heterocycles. The van der Waals surface area contributed by atoms with E-state index in [0.717, 1.165) is 36.0 Å². The molecule has 0 aliphatic carbocycles. The molecule has 0 radical (unpaired) electrons. The molecule has 0 fully saturated rings. The zero-order valence-electron chi connectivity index (χ0n) is 14.2. The van der Waals surface area contributed by atoms with Crippen LogP contribution in [0.3, 0.4) is 0 Å². The van der Waals surface area contributed by atoms with E-state index in [-0.39, 0.29) is 24.0 Å². The van der Waals surface area contributed by atoms with E-state index in [2.05, 4.69) is 15.6 Å². The summed E-state index contributed by atoms with van der Waals surface area (Å²) in [6.45, 7) is 1.39. The van der Waals surface area contributed by atoms with Gasteiger partial charge >= 0.3 is 0 Å². The number of benzene rings is 1. The minimum absolute atomic E-state index is 0. The van der Waals surface area contributed by atoms with Crippen molar-refractivity contribution in [3.63, 3.8) is 0 Å². The topological polar surface area (TPSA) is 68.0 Å². The fourth-order valence-corrected chi connectivity index (χ4v) is 2.16. The average molecular weight is 445 g/mol. The summed E-state index contributed by atoms with van der Waals surface area (Å²) in [4.78, 5) is 4.21. The van der Waals surface area contributed by atoms with Crippen LogP contribution in [0.4, 0.5) is 0 Å². The molecule has 132 valence electrons. The molecule has 7 heteroatoms. The van der Waals surface area contributed by atoms with Gasteiger partial charge < -0.3 is 24.5 Å². The van der Waals surface area contributed by atoms with Gasteiger partial charge in [0.25, 0.3) is 0 Å². The van der Waals surface area contributed by atoms with Crippen molar-refractivity contribution in [2.24, 2.45) is 4.99 Å². The average Bonchev–Trinajstić information content (AvgIpc) is 3.11. The molecule has 0 aliphatic heterocycles. The number of nitrogens with one attached hydrogen (secondary N) is 2. The summed E-state index contributed by atoms with van der Waals surface area (Å²) in [6, 6.07) is 9.68. The Labute approximate surface area is 159 Å². The second-order valence-electron chi connectivity index (χ2n) is 4.87. The van der Waals surface area contributed by atoms with Crippen LogP contribution in [0.25, 0.3) is 0 Å². The number of hydrogen-bond acceptors (Lipinski definition) is 4. The lowest BCUT2D eigenvalue weighted by molar-refractivity contribution is 0.354. The van der Waals surface area contributed by atoms with Crippen molar-refractivity contribution in [2.45, 2.75) is 13.0 Å². The zero-order chi connectivity index (χ0) is 16.5. The zero-order valence-corrected chi connectivity index (χ0v) is 16.5. The van der Waals surface area contributed by atoms with Gasteiger partial charge in [0.2, 0.25) is 0 Å². The molecule has 2 rings (SSSR count). The fourth-order valence-electron chi connectivity index (χ4n) is 2.16. The first-order chi connectivity index (χ1) is 11.3. The monoisotopic (exact) mass is 445 g/mol. The highest BCUT2D eigenvalue weighted by atomic mass is 127. The van der Waals surface area contributed by atoms with Crippen LogP contribution in [0, 0.1) is 0 Å². The third-order valence-corrected chi connectivity index (χ3v) is 3.38. The van der Waals surface area contributed by atoms with Crippen LogP contribution in [-0.4, -0.2) is 33.8 Å². The molecule has 0 saturated carbocycles. The van der Waals surface area contributed by atoms with Crippen molar-refractivity contribution < 1.29 is 13.9 Å². The third-order valence-electron chi connectivity index (χ3n) is 3.38. The van der Waals surface area contributed by atoms with Crippen molar-refractivity contribution in [2.75, 3.05) is 27.8 Å². The lowest BCUT2D eigenvalue weighted by Crippen LogP contribution is -2.37. The Morgan fingerprint density at radius 3 is 2.54 bits per heavy atom. The van der Waals surface area contributed by atoms with Crippen LogP contribution in [-0.2, 0) is 13.0 Å². The van der Waals surface area contributed by atoms with Crippen LogP contribution < -0.4 is 20.1 Å². The van der Waals surface area contributed by atoms with E-state index in [4.69, 9.17) is 13.9 Å². The molecule has 1 aromatic heterocycles. The number of guanidine groups is 1. The van der Waals surface area contributed by atoms with Crippen LogP contribution in [0.5, 0.6) is 11.5 Å². The van der Waals surface area contributed by atoms with E-state index < -0.39 is 0 Å². The summed E-state index contributed by atoms with van der Waals surface area (Å²) < 4.78 is 15.8. The molecule has 2 N–H and O–H groups in total. The van der Waals surface area contributed by atoms with E-state index >= 15 is 0 Å². The summed E-state index contributed by atoms with van der Waals surface area (Å²) in [5.41, 5.74) is 1.08. The summed E-state index contributed by atoms with van der Waals surface area (Å²) in [5, 5.41) is 6.52. The fraction of sp³-hybridized carbons (Fsp3) is 0.353. The van der Waals surface area contributed by atoms with Crippen molar-refractivity contribution in [3.8, 4) is 11.5 Å². The maximum atomic E-state index is 5.31. The number of furan rings is 1. The molecule has 0 spiro atoms. The Balaban J connectivity index is 0.00000288. The highest BCUT2D eigenvalue weighted by Gasteiger charge is 2.05. The molecule has 0 unspecified atom stereocenters. The van der Waals surface area contributed by atoms with Gasteiger partial charge in [0.1, 0.15) is 5.76 Å². The van der Waals surface area contributed by atoms with Gasteiger partial charge in [-0.25, -0.2) is 0 Å². The normalized spacial score (nSPS) is 10.7. The third kappa shape index (κ3) is 5.95. The largest absolute Gasteiger partial charge is 0.493 e. The van der Waals surface area contributed by atoms with Gasteiger partial charge in [-0.1, -0.05) is 6.07 Å². The van der Waals surface area contributed by atoms with Gasteiger partial charge in [-0.15, -0.1) is 24.0 Å². The minimum Gasteiger partial charge on any atom is -0.493 e. The van der Waals surface area contributed by atoms with Crippen molar-refractivity contribution in [1.82, 2.24) is 10.6 Å². The highest BCUT2D eigenvalue weighted by Crippen LogP contribution is 2.27. The van der Waals surface area contributed by atoms with Crippen LogP contribution in [0.1, 0.15) is 11.3 Å². The number of ether oxygens (including phenoxy) is 2. The Bertz CT molecular complexity index is 630. The lowest BCUT2D eigenvalue weighted by Gasteiger charge is -2.13. The van der Waals surface area contributed by atoms with Gasteiger partial charge in [0, 0.05) is 26.6 Å². The highest BCUT2D eigenvalue weighted by molar-refractivity contribution is 14.0. The quantitative estimate of drug-likeness (QED) is 0.390. The van der Waals surface area contributed by atoms with Gasteiger partial charge in [-0.2, -0.15) is 0 Å². The van der Waals surface area contributed by atoms with E-state index in [1.54, 1.807) is 27.5 Å². The van der Waals surface area contributed by atoms with Gasteiger partial charge in [0.15, 0.2) is 17.5 Å². The van der Waals surface area contributed by atoms with E-state index in [1.807, 2.05) is 30.3 Å². The molecule has 6 nitrogen and oxygen atoms in total. The van der Waals surface area contributed by atoms with E-state index in [1.165, 1.54) is 0 Å². The first-order valence-corrected chi connectivity index (χ1v) is 7.44. The molecule has 0 atom stereocenters. The van der Waals surface area contributed by atoms with E-state index in [9.17, 15) is 0 Å². The second kappa shape index (κ2) is 10.8. The first kappa shape index (κ1) is 20.1. The van der Waals surface area contributed by atoms with Crippen LogP contribution >= 0.6 is 24.0 Å². The van der Waals surface area contributed by atoms with E-state index in [0.29, 0.717) is 12.3 Å². The SMILES string of the molecule is CN=C(NCCc1ccco1)NCc1ccc(OC)c(OC)c1.I. The molecule has 24 heavy (non-hydrogen) atoms. The molecule has 1 aromatic carbocycles. The number of nitrogens with zero attached hydrogens (tertiary/aromatic N) is 1. The Morgan fingerprint density at radius 1 is 1.12 bits per heavy atom. The predicted octanol–water partition coefficient (Wildman–Crippen LogP) is 2.82. The molecule has 0 bridgehead atoms. The first-order valence-electron chi connectivity index (χ1n) is 7.44.